The number of hydrogen-bond acceptors (Lipinski definition) is 4. The fourth-order valence-corrected chi connectivity index (χ4v) is 1.33. The van der Waals surface area contributed by atoms with E-state index in [1.165, 1.54) is 6.92 Å². The second kappa shape index (κ2) is 6.34. The Morgan fingerprint density at radius 3 is 2.50 bits per heavy atom. The number of carbonyl (C=O) groups is 1. The summed E-state index contributed by atoms with van der Waals surface area (Å²) in [6.07, 6.45) is 1.16. The average molecular weight is 203 g/mol. The van der Waals surface area contributed by atoms with Crippen molar-refractivity contribution in [1.82, 2.24) is 0 Å². The molecular weight excluding hydrogens is 186 g/mol. The van der Waals surface area contributed by atoms with Gasteiger partial charge in [0.1, 0.15) is 0 Å². The number of hydrogen-bond donors (Lipinski definition) is 0. The van der Waals surface area contributed by atoms with Crippen molar-refractivity contribution in [2.75, 3.05) is 6.54 Å². The highest BCUT2D eigenvalue weighted by atomic mass is 16.6. The molecule has 5 heteroatoms. The van der Waals surface area contributed by atoms with Gasteiger partial charge in [0.25, 0.3) is 0 Å². The Bertz CT molecular complexity index is 189. The van der Waals surface area contributed by atoms with Crippen molar-refractivity contribution in [1.29, 1.82) is 0 Å². The van der Waals surface area contributed by atoms with Crippen LogP contribution in [-0.4, -0.2) is 23.5 Å². The van der Waals surface area contributed by atoms with E-state index in [9.17, 15) is 14.9 Å². The third-order valence-corrected chi connectivity index (χ3v) is 2.03. The first kappa shape index (κ1) is 12.9. The summed E-state index contributed by atoms with van der Waals surface area (Å²) in [7, 11) is 0. The molecule has 0 aromatic carbocycles. The van der Waals surface area contributed by atoms with Gasteiger partial charge in [0, 0.05) is 11.8 Å². The summed E-state index contributed by atoms with van der Waals surface area (Å²) in [5.74, 6) is -0.422. The Morgan fingerprint density at radius 1 is 1.57 bits per heavy atom. The minimum Gasteiger partial charge on any atom is -0.455 e. The normalized spacial score (nSPS) is 14.5. The highest BCUT2D eigenvalue weighted by molar-refractivity contribution is 5.66. The van der Waals surface area contributed by atoms with Crippen LogP contribution in [0, 0.1) is 16.0 Å². The van der Waals surface area contributed by atoms with Crippen LogP contribution in [0.3, 0.4) is 0 Å². The molecule has 0 radical (unpaired) electrons. The van der Waals surface area contributed by atoms with Crippen LogP contribution in [0.25, 0.3) is 0 Å². The molecule has 0 bridgehead atoms. The molecule has 0 rings (SSSR count). The fraction of sp³-hybridized carbons (Fsp3) is 0.889. The van der Waals surface area contributed by atoms with Crippen LogP contribution in [0.5, 0.6) is 0 Å². The summed E-state index contributed by atoms with van der Waals surface area (Å²) in [5.41, 5.74) is 0. The van der Waals surface area contributed by atoms with Gasteiger partial charge in [0.05, 0.1) is 0 Å². The first-order chi connectivity index (χ1) is 6.47. The first-order valence-electron chi connectivity index (χ1n) is 4.76. The SMILES string of the molecule is CCCC(C)C(C[N+](=O)[O-])OC(C)=O. The summed E-state index contributed by atoms with van der Waals surface area (Å²) < 4.78 is 4.89. The Labute approximate surface area is 83.6 Å². The highest BCUT2D eigenvalue weighted by Gasteiger charge is 2.24. The number of esters is 1. The van der Waals surface area contributed by atoms with E-state index in [0.717, 1.165) is 12.8 Å². The van der Waals surface area contributed by atoms with Gasteiger partial charge in [-0.2, -0.15) is 0 Å². The second-order valence-electron chi connectivity index (χ2n) is 3.43. The lowest BCUT2D eigenvalue weighted by molar-refractivity contribution is -0.491. The molecule has 0 aliphatic heterocycles. The lowest BCUT2D eigenvalue weighted by Gasteiger charge is -2.19. The highest BCUT2D eigenvalue weighted by Crippen LogP contribution is 2.14. The molecule has 0 N–H and O–H groups in total. The molecule has 5 nitrogen and oxygen atoms in total. The summed E-state index contributed by atoms with van der Waals surface area (Å²) in [4.78, 5) is 20.6. The van der Waals surface area contributed by atoms with Crippen LogP contribution in [-0.2, 0) is 9.53 Å². The van der Waals surface area contributed by atoms with Crippen LogP contribution >= 0.6 is 0 Å². The minimum atomic E-state index is -0.595. The molecule has 2 unspecified atom stereocenters. The zero-order valence-corrected chi connectivity index (χ0v) is 8.86. The topological polar surface area (TPSA) is 69.4 Å². The van der Waals surface area contributed by atoms with Crippen molar-refractivity contribution in [2.24, 2.45) is 5.92 Å². The molecular formula is C9H17NO4. The molecule has 0 amide bonds. The summed E-state index contributed by atoms with van der Waals surface area (Å²) in [6, 6.07) is 0. The van der Waals surface area contributed by atoms with E-state index in [1.807, 2.05) is 13.8 Å². The molecule has 82 valence electrons. The second-order valence-corrected chi connectivity index (χ2v) is 3.43. The van der Waals surface area contributed by atoms with Crippen molar-refractivity contribution in [3.63, 3.8) is 0 Å². The van der Waals surface area contributed by atoms with Gasteiger partial charge in [0.15, 0.2) is 6.10 Å². The first-order valence-corrected chi connectivity index (χ1v) is 4.76. The molecule has 2 atom stereocenters. The summed E-state index contributed by atoms with van der Waals surface area (Å²) in [5, 5.41) is 10.3. The van der Waals surface area contributed by atoms with E-state index in [2.05, 4.69) is 0 Å². The van der Waals surface area contributed by atoms with E-state index in [-0.39, 0.29) is 12.5 Å². The number of nitrogens with zero attached hydrogens (tertiary/aromatic N) is 1. The molecule has 0 fully saturated rings. The fourth-order valence-electron chi connectivity index (χ4n) is 1.33. The van der Waals surface area contributed by atoms with Crippen LogP contribution < -0.4 is 0 Å². The Balaban J connectivity index is 4.21. The van der Waals surface area contributed by atoms with Gasteiger partial charge < -0.3 is 4.74 Å². The van der Waals surface area contributed by atoms with Gasteiger partial charge in [-0.25, -0.2) is 0 Å². The number of ether oxygens (including phenoxy) is 1. The third kappa shape index (κ3) is 5.50. The summed E-state index contributed by atoms with van der Waals surface area (Å²) >= 11 is 0. The molecule has 0 heterocycles. The van der Waals surface area contributed by atoms with Crippen molar-refractivity contribution in [2.45, 2.75) is 39.7 Å². The molecule has 14 heavy (non-hydrogen) atoms. The van der Waals surface area contributed by atoms with Crippen molar-refractivity contribution < 1.29 is 14.5 Å². The standard InChI is InChI=1S/C9H17NO4/c1-4-5-7(2)9(6-10(12)13)14-8(3)11/h7,9H,4-6H2,1-3H3. The van der Waals surface area contributed by atoms with Gasteiger partial charge in [0.2, 0.25) is 6.54 Å². The molecule has 0 saturated heterocycles. The van der Waals surface area contributed by atoms with Crippen LogP contribution in [0.15, 0.2) is 0 Å². The van der Waals surface area contributed by atoms with Gasteiger partial charge in [-0.3, -0.25) is 14.9 Å². The number of carbonyl (C=O) groups excluding carboxylic acids is 1. The maximum absolute atomic E-state index is 10.7. The zero-order chi connectivity index (χ0) is 11.1. The van der Waals surface area contributed by atoms with Crippen LogP contribution in [0.1, 0.15) is 33.6 Å². The zero-order valence-electron chi connectivity index (χ0n) is 8.86. The average Bonchev–Trinajstić information content (AvgIpc) is 2.01. The van der Waals surface area contributed by atoms with Crippen LogP contribution in [0.4, 0.5) is 0 Å². The molecule has 0 aliphatic rings. The van der Waals surface area contributed by atoms with Crippen molar-refractivity contribution >= 4 is 5.97 Å². The van der Waals surface area contributed by atoms with Crippen molar-refractivity contribution in [3.05, 3.63) is 10.1 Å². The Kier molecular flexibility index (Phi) is 5.83. The molecule has 0 aliphatic carbocycles. The smallest absolute Gasteiger partial charge is 0.303 e. The van der Waals surface area contributed by atoms with E-state index in [4.69, 9.17) is 4.74 Å². The Morgan fingerprint density at radius 2 is 2.14 bits per heavy atom. The van der Waals surface area contributed by atoms with Crippen LogP contribution in [0.2, 0.25) is 0 Å². The number of rotatable bonds is 6. The summed E-state index contributed by atoms with van der Waals surface area (Å²) in [6.45, 7) is 4.82. The Hall–Kier alpha value is -1.13. The van der Waals surface area contributed by atoms with Gasteiger partial charge in [-0.1, -0.05) is 20.3 Å². The van der Waals surface area contributed by atoms with E-state index < -0.39 is 17.0 Å². The monoisotopic (exact) mass is 203 g/mol. The largest absolute Gasteiger partial charge is 0.455 e. The third-order valence-electron chi connectivity index (χ3n) is 2.03. The molecule has 0 aromatic rings. The van der Waals surface area contributed by atoms with E-state index in [1.54, 1.807) is 0 Å². The molecule has 0 spiro atoms. The maximum Gasteiger partial charge on any atom is 0.303 e. The lowest BCUT2D eigenvalue weighted by Crippen LogP contribution is -2.31. The van der Waals surface area contributed by atoms with Gasteiger partial charge in [-0.15, -0.1) is 0 Å². The maximum atomic E-state index is 10.7. The lowest BCUT2D eigenvalue weighted by atomic mass is 9.99. The minimum absolute atomic E-state index is 0.0364. The predicted octanol–water partition coefficient (Wildman–Crippen LogP) is 1.63. The van der Waals surface area contributed by atoms with E-state index in [0.29, 0.717) is 0 Å². The predicted molar refractivity (Wildman–Crippen MR) is 51.5 cm³/mol. The number of nitro groups is 1. The quantitative estimate of drug-likeness (QED) is 0.373. The van der Waals surface area contributed by atoms with Gasteiger partial charge in [-0.05, 0) is 12.3 Å². The van der Waals surface area contributed by atoms with Gasteiger partial charge >= 0.3 is 5.97 Å². The van der Waals surface area contributed by atoms with Crippen molar-refractivity contribution in [3.8, 4) is 0 Å². The van der Waals surface area contributed by atoms with E-state index >= 15 is 0 Å². The molecule has 0 aromatic heterocycles. The molecule has 0 saturated carbocycles.